The molecule has 118 valence electrons. The van der Waals surface area contributed by atoms with Crippen LogP contribution in [0.25, 0.3) is 0 Å². The second kappa shape index (κ2) is 5.80. The van der Waals surface area contributed by atoms with Crippen molar-refractivity contribution in [2.45, 2.75) is 25.9 Å². The molecule has 8 heteroatoms. The van der Waals surface area contributed by atoms with E-state index in [1.54, 1.807) is 6.07 Å². The molecule has 1 aromatic heterocycles. The Kier molecular flexibility index (Phi) is 3.84. The molecule has 1 saturated heterocycles. The zero-order valence-electron chi connectivity index (χ0n) is 12.3. The molecule has 0 spiro atoms. The number of aromatic amines is 1. The molecule has 1 unspecified atom stereocenters. The Balaban J connectivity index is 1.76. The van der Waals surface area contributed by atoms with E-state index in [-0.39, 0.29) is 29.8 Å². The molecule has 3 rings (SSSR count). The lowest BCUT2D eigenvalue weighted by Crippen LogP contribution is -2.35. The van der Waals surface area contributed by atoms with Gasteiger partial charge in [-0.15, -0.1) is 0 Å². The van der Waals surface area contributed by atoms with Gasteiger partial charge in [0.1, 0.15) is 5.70 Å². The van der Waals surface area contributed by atoms with E-state index in [9.17, 15) is 14.7 Å². The lowest BCUT2D eigenvalue weighted by atomic mass is 10.2. The van der Waals surface area contributed by atoms with Gasteiger partial charge >= 0.3 is 5.97 Å². The standard InChI is InChI=1S/C14H18N4O4/c1-8-5-11(17-16-8)15-12-10(14(20)21)7-18(13(12)19)6-9-3-2-4-22-9/h5,9H,2-4,6-7H2,1H3,(H,20,21)(H2,15,16,17). The van der Waals surface area contributed by atoms with Crippen molar-refractivity contribution in [1.82, 2.24) is 15.1 Å². The number of H-pyrrole nitrogens is 1. The zero-order valence-corrected chi connectivity index (χ0v) is 12.3. The third kappa shape index (κ3) is 2.82. The molecule has 8 nitrogen and oxygen atoms in total. The number of aryl methyl sites for hydroxylation is 1. The van der Waals surface area contributed by atoms with Crippen molar-refractivity contribution in [3.63, 3.8) is 0 Å². The number of ether oxygens (including phenoxy) is 1. The van der Waals surface area contributed by atoms with Crippen molar-refractivity contribution in [3.05, 3.63) is 23.0 Å². The average Bonchev–Trinajstić information content (AvgIpc) is 3.17. The molecule has 0 radical (unpaired) electrons. The summed E-state index contributed by atoms with van der Waals surface area (Å²) in [4.78, 5) is 25.4. The van der Waals surface area contributed by atoms with Crippen LogP contribution in [0, 0.1) is 6.92 Å². The minimum atomic E-state index is -1.10. The van der Waals surface area contributed by atoms with Crippen LogP contribution in [0.3, 0.4) is 0 Å². The van der Waals surface area contributed by atoms with Gasteiger partial charge in [-0.1, -0.05) is 0 Å². The molecule has 0 saturated carbocycles. The van der Waals surface area contributed by atoms with Crippen molar-refractivity contribution in [3.8, 4) is 0 Å². The number of nitrogens with zero attached hydrogens (tertiary/aromatic N) is 2. The highest BCUT2D eigenvalue weighted by Crippen LogP contribution is 2.23. The van der Waals surface area contributed by atoms with E-state index < -0.39 is 5.97 Å². The number of aliphatic carboxylic acids is 1. The van der Waals surface area contributed by atoms with E-state index >= 15 is 0 Å². The van der Waals surface area contributed by atoms with Crippen LogP contribution >= 0.6 is 0 Å². The zero-order chi connectivity index (χ0) is 15.7. The summed E-state index contributed by atoms with van der Waals surface area (Å²) in [5.74, 6) is -0.995. The highest BCUT2D eigenvalue weighted by atomic mass is 16.5. The number of carboxylic acids is 1. The largest absolute Gasteiger partial charge is 0.478 e. The molecule has 3 heterocycles. The quantitative estimate of drug-likeness (QED) is 0.731. The molecule has 1 aromatic rings. The van der Waals surface area contributed by atoms with Crippen LogP contribution < -0.4 is 5.32 Å². The van der Waals surface area contributed by atoms with Crippen LogP contribution in [0.15, 0.2) is 17.3 Å². The van der Waals surface area contributed by atoms with Crippen molar-refractivity contribution >= 4 is 17.7 Å². The summed E-state index contributed by atoms with van der Waals surface area (Å²) in [7, 11) is 0. The Morgan fingerprint density at radius 1 is 1.64 bits per heavy atom. The first-order chi connectivity index (χ1) is 10.5. The van der Waals surface area contributed by atoms with Gasteiger partial charge in [0.2, 0.25) is 0 Å². The summed E-state index contributed by atoms with van der Waals surface area (Å²) in [6.07, 6.45) is 1.86. The smallest absolute Gasteiger partial charge is 0.335 e. The summed E-state index contributed by atoms with van der Waals surface area (Å²) in [6.45, 7) is 3.02. The monoisotopic (exact) mass is 306 g/mol. The van der Waals surface area contributed by atoms with Crippen LogP contribution in [0.5, 0.6) is 0 Å². The van der Waals surface area contributed by atoms with Crippen LogP contribution in [0.4, 0.5) is 5.82 Å². The number of aromatic nitrogens is 2. The van der Waals surface area contributed by atoms with Crippen LogP contribution in [0.2, 0.25) is 0 Å². The maximum atomic E-state index is 12.5. The molecular weight excluding hydrogens is 288 g/mol. The van der Waals surface area contributed by atoms with Gasteiger partial charge in [-0.25, -0.2) is 4.79 Å². The molecule has 3 N–H and O–H groups in total. The Labute approximate surface area is 127 Å². The van der Waals surface area contributed by atoms with Crippen LogP contribution in [-0.4, -0.2) is 57.9 Å². The second-order valence-corrected chi connectivity index (χ2v) is 5.54. The fraction of sp³-hybridized carbons (Fsp3) is 0.500. The summed E-state index contributed by atoms with van der Waals surface area (Å²) >= 11 is 0. The number of anilines is 1. The van der Waals surface area contributed by atoms with E-state index in [0.717, 1.165) is 18.5 Å². The predicted octanol–water partition coefficient (Wildman–Crippen LogP) is 0.490. The molecule has 1 amide bonds. The van der Waals surface area contributed by atoms with E-state index in [0.29, 0.717) is 19.0 Å². The number of hydrogen-bond donors (Lipinski definition) is 3. The molecule has 0 bridgehead atoms. The Morgan fingerprint density at radius 3 is 3.05 bits per heavy atom. The maximum Gasteiger partial charge on any atom is 0.335 e. The number of amides is 1. The molecule has 1 atom stereocenters. The van der Waals surface area contributed by atoms with Gasteiger partial charge in [0.25, 0.3) is 5.91 Å². The topological polar surface area (TPSA) is 108 Å². The fourth-order valence-electron chi connectivity index (χ4n) is 2.72. The highest BCUT2D eigenvalue weighted by Gasteiger charge is 2.36. The Hall–Kier alpha value is -2.35. The highest BCUT2D eigenvalue weighted by molar-refractivity contribution is 6.07. The van der Waals surface area contributed by atoms with Crippen molar-refractivity contribution < 1.29 is 19.4 Å². The lowest BCUT2D eigenvalue weighted by molar-refractivity contribution is -0.132. The number of nitrogens with one attached hydrogen (secondary N) is 2. The van der Waals surface area contributed by atoms with Gasteiger partial charge in [-0.2, -0.15) is 5.10 Å². The first kappa shape index (κ1) is 14.6. The number of carbonyl (C=O) groups excluding carboxylic acids is 1. The van der Waals surface area contributed by atoms with E-state index in [4.69, 9.17) is 4.74 Å². The first-order valence-corrected chi connectivity index (χ1v) is 7.21. The minimum Gasteiger partial charge on any atom is -0.478 e. The van der Waals surface area contributed by atoms with Gasteiger partial charge < -0.3 is 20.1 Å². The third-order valence-electron chi connectivity index (χ3n) is 3.82. The number of carbonyl (C=O) groups is 2. The normalized spacial score (nSPS) is 21.8. The number of carboxylic acid groups (broad SMARTS) is 1. The van der Waals surface area contributed by atoms with E-state index in [2.05, 4.69) is 15.5 Å². The molecule has 22 heavy (non-hydrogen) atoms. The van der Waals surface area contributed by atoms with Crippen molar-refractivity contribution in [2.24, 2.45) is 0 Å². The van der Waals surface area contributed by atoms with Crippen molar-refractivity contribution in [1.29, 1.82) is 0 Å². The first-order valence-electron chi connectivity index (χ1n) is 7.21. The Bertz CT molecular complexity index is 631. The molecule has 1 fully saturated rings. The lowest BCUT2D eigenvalue weighted by Gasteiger charge is -2.20. The van der Waals surface area contributed by atoms with Crippen molar-refractivity contribution in [2.75, 3.05) is 25.0 Å². The number of hydrogen-bond acceptors (Lipinski definition) is 5. The van der Waals surface area contributed by atoms with E-state index in [1.807, 2.05) is 6.92 Å². The van der Waals surface area contributed by atoms with Crippen LogP contribution in [-0.2, 0) is 14.3 Å². The van der Waals surface area contributed by atoms with Gasteiger partial charge in [-0.05, 0) is 19.8 Å². The van der Waals surface area contributed by atoms with E-state index in [1.165, 1.54) is 4.90 Å². The molecule has 2 aliphatic heterocycles. The third-order valence-corrected chi connectivity index (χ3v) is 3.82. The minimum absolute atomic E-state index is 0.00836. The molecular formula is C14H18N4O4. The van der Waals surface area contributed by atoms with Crippen LogP contribution in [0.1, 0.15) is 18.5 Å². The SMILES string of the molecule is Cc1cc(NC2=C(C(=O)O)CN(CC3CCCO3)C2=O)n[nH]1. The second-order valence-electron chi connectivity index (χ2n) is 5.54. The summed E-state index contributed by atoms with van der Waals surface area (Å²) in [5.41, 5.74) is 0.960. The fourth-order valence-corrected chi connectivity index (χ4v) is 2.72. The molecule has 0 aromatic carbocycles. The van der Waals surface area contributed by atoms with Gasteiger partial charge in [0, 0.05) is 24.9 Å². The maximum absolute atomic E-state index is 12.5. The molecule has 2 aliphatic rings. The Morgan fingerprint density at radius 2 is 2.45 bits per heavy atom. The number of rotatable bonds is 5. The summed E-state index contributed by atoms with van der Waals surface area (Å²) in [5, 5.41) is 18.9. The van der Waals surface area contributed by atoms with Gasteiger partial charge in [0.05, 0.1) is 18.2 Å². The molecule has 0 aliphatic carbocycles. The average molecular weight is 306 g/mol. The predicted molar refractivity (Wildman–Crippen MR) is 77.2 cm³/mol. The van der Waals surface area contributed by atoms with Gasteiger partial charge in [0.15, 0.2) is 5.82 Å². The summed E-state index contributed by atoms with van der Waals surface area (Å²) < 4.78 is 5.52. The summed E-state index contributed by atoms with van der Waals surface area (Å²) in [6, 6.07) is 1.71. The van der Waals surface area contributed by atoms with Gasteiger partial charge in [-0.3, -0.25) is 9.89 Å².